The number of aromatic nitrogens is 1. The summed E-state index contributed by atoms with van der Waals surface area (Å²) in [6.45, 7) is 5.84. The molecule has 3 rings (SSSR count). The van der Waals surface area contributed by atoms with Crippen LogP contribution in [0.4, 0.5) is 0 Å². The molecule has 2 aromatic rings. The molecule has 2 heterocycles. The lowest BCUT2D eigenvalue weighted by atomic mass is 9.93. The third-order valence-corrected chi connectivity index (χ3v) is 5.39. The number of hydrogen-bond acceptors (Lipinski definition) is 3. The van der Waals surface area contributed by atoms with E-state index in [0.717, 1.165) is 35.4 Å². The predicted octanol–water partition coefficient (Wildman–Crippen LogP) is 3.20. The lowest BCUT2D eigenvalue weighted by Crippen LogP contribution is -2.40. The number of amides is 2. The van der Waals surface area contributed by atoms with Crippen molar-refractivity contribution in [2.24, 2.45) is 5.92 Å². The molecular weight excluding hydrogens is 354 g/mol. The van der Waals surface area contributed by atoms with Crippen molar-refractivity contribution in [2.75, 3.05) is 20.2 Å². The fourth-order valence-electron chi connectivity index (χ4n) is 3.73. The molecule has 0 radical (unpaired) electrons. The lowest BCUT2D eigenvalue weighted by Gasteiger charge is -2.31. The standard InChI is InChI=1S/C22H29N3O3/c1-15-12-16(2)24-21(15)22(27)25-10-8-17(9-11-25)13-20(26)23-14-18-4-6-19(28-3)7-5-18/h4-7,12,17,24H,8-11,13-14H2,1-3H3,(H,23,26). The second-order valence-electron chi connectivity index (χ2n) is 7.57. The Morgan fingerprint density at radius 1 is 1.18 bits per heavy atom. The van der Waals surface area contributed by atoms with Crippen molar-refractivity contribution in [1.82, 2.24) is 15.2 Å². The molecular formula is C22H29N3O3. The van der Waals surface area contributed by atoms with Crippen molar-refractivity contribution in [2.45, 2.75) is 39.7 Å². The molecule has 28 heavy (non-hydrogen) atoms. The van der Waals surface area contributed by atoms with Crippen LogP contribution in [0.2, 0.25) is 0 Å². The molecule has 1 aromatic carbocycles. The van der Waals surface area contributed by atoms with E-state index in [1.54, 1.807) is 7.11 Å². The van der Waals surface area contributed by atoms with Gasteiger partial charge in [-0.05, 0) is 61.9 Å². The zero-order chi connectivity index (χ0) is 20.1. The summed E-state index contributed by atoms with van der Waals surface area (Å²) in [6, 6.07) is 9.68. The van der Waals surface area contributed by atoms with E-state index in [4.69, 9.17) is 4.74 Å². The summed E-state index contributed by atoms with van der Waals surface area (Å²) in [5, 5.41) is 2.99. The maximum atomic E-state index is 12.7. The van der Waals surface area contributed by atoms with Crippen molar-refractivity contribution in [1.29, 1.82) is 0 Å². The fourth-order valence-corrected chi connectivity index (χ4v) is 3.73. The number of aromatic amines is 1. The number of carbonyl (C=O) groups excluding carboxylic acids is 2. The van der Waals surface area contributed by atoms with Gasteiger partial charge in [0, 0.05) is 31.7 Å². The molecule has 1 aliphatic heterocycles. The van der Waals surface area contributed by atoms with Gasteiger partial charge in [-0.25, -0.2) is 0 Å². The monoisotopic (exact) mass is 383 g/mol. The van der Waals surface area contributed by atoms with Crippen LogP contribution < -0.4 is 10.1 Å². The van der Waals surface area contributed by atoms with Crippen molar-refractivity contribution < 1.29 is 14.3 Å². The number of likely N-dealkylation sites (tertiary alicyclic amines) is 1. The largest absolute Gasteiger partial charge is 0.497 e. The number of nitrogens with zero attached hydrogens (tertiary/aromatic N) is 1. The van der Waals surface area contributed by atoms with Gasteiger partial charge in [0.05, 0.1) is 7.11 Å². The molecule has 1 fully saturated rings. The Kier molecular flexibility index (Phi) is 6.39. The highest BCUT2D eigenvalue weighted by atomic mass is 16.5. The van der Waals surface area contributed by atoms with Gasteiger partial charge in [-0.2, -0.15) is 0 Å². The van der Waals surface area contributed by atoms with Gasteiger partial charge in [-0.1, -0.05) is 12.1 Å². The van der Waals surface area contributed by atoms with Crippen LogP contribution in [0.15, 0.2) is 30.3 Å². The van der Waals surface area contributed by atoms with Crippen LogP contribution in [0.25, 0.3) is 0 Å². The molecule has 150 valence electrons. The highest BCUT2D eigenvalue weighted by Crippen LogP contribution is 2.23. The van der Waals surface area contributed by atoms with Gasteiger partial charge < -0.3 is 19.9 Å². The molecule has 2 N–H and O–H groups in total. The number of nitrogens with one attached hydrogen (secondary N) is 2. The first-order valence-corrected chi connectivity index (χ1v) is 9.81. The van der Waals surface area contributed by atoms with Gasteiger partial charge in [0.15, 0.2) is 0 Å². The van der Waals surface area contributed by atoms with Crippen LogP contribution in [0.1, 0.15) is 46.6 Å². The van der Waals surface area contributed by atoms with Crippen LogP contribution >= 0.6 is 0 Å². The first-order valence-electron chi connectivity index (χ1n) is 9.81. The number of piperidine rings is 1. The normalized spacial score (nSPS) is 14.8. The van der Waals surface area contributed by atoms with E-state index in [0.29, 0.717) is 37.7 Å². The maximum Gasteiger partial charge on any atom is 0.270 e. The van der Waals surface area contributed by atoms with E-state index in [1.165, 1.54) is 0 Å². The third kappa shape index (κ3) is 4.94. The van der Waals surface area contributed by atoms with Crippen LogP contribution in [0, 0.1) is 19.8 Å². The van der Waals surface area contributed by atoms with Crippen molar-refractivity contribution in [3.8, 4) is 5.75 Å². The second-order valence-corrected chi connectivity index (χ2v) is 7.57. The van der Waals surface area contributed by atoms with Crippen molar-refractivity contribution >= 4 is 11.8 Å². The Bertz CT molecular complexity index is 818. The average molecular weight is 383 g/mol. The summed E-state index contributed by atoms with van der Waals surface area (Å²) in [5.74, 6) is 1.26. The summed E-state index contributed by atoms with van der Waals surface area (Å²) in [6.07, 6.45) is 2.24. The van der Waals surface area contributed by atoms with Gasteiger partial charge >= 0.3 is 0 Å². The number of ether oxygens (including phenoxy) is 1. The molecule has 0 atom stereocenters. The van der Waals surface area contributed by atoms with Crippen molar-refractivity contribution in [3.05, 3.63) is 52.8 Å². The molecule has 1 aliphatic rings. The maximum absolute atomic E-state index is 12.7. The Morgan fingerprint density at radius 3 is 2.43 bits per heavy atom. The smallest absolute Gasteiger partial charge is 0.270 e. The summed E-state index contributed by atoms with van der Waals surface area (Å²) >= 11 is 0. The van der Waals surface area contributed by atoms with E-state index < -0.39 is 0 Å². The SMILES string of the molecule is COc1ccc(CNC(=O)CC2CCN(C(=O)c3[nH]c(C)cc3C)CC2)cc1. The molecule has 0 aliphatic carbocycles. The van der Waals surface area contributed by atoms with E-state index >= 15 is 0 Å². The minimum absolute atomic E-state index is 0.0630. The molecule has 6 nitrogen and oxygen atoms in total. The summed E-state index contributed by atoms with van der Waals surface area (Å²) in [5.41, 5.74) is 3.73. The Hall–Kier alpha value is -2.76. The van der Waals surface area contributed by atoms with E-state index in [2.05, 4.69) is 10.3 Å². The number of rotatable bonds is 6. The van der Waals surface area contributed by atoms with Crippen LogP contribution in [0.5, 0.6) is 5.75 Å². The highest BCUT2D eigenvalue weighted by Gasteiger charge is 2.26. The van der Waals surface area contributed by atoms with Crippen molar-refractivity contribution in [3.63, 3.8) is 0 Å². The number of carbonyl (C=O) groups is 2. The van der Waals surface area contributed by atoms with E-state index in [9.17, 15) is 9.59 Å². The van der Waals surface area contributed by atoms with Gasteiger partial charge in [0.25, 0.3) is 5.91 Å². The molecule has 0 unspecified atom stereocenters. The number of methoxy groups -OCH3 is 1. The Morgan fingerprint density at radius 2 is 1.86 bits per heavy atom. The number of aryl methyl sites for hydroxylation is 2. The minimum Gasteiger partial charge on any atom is -0.497 e. The van der Waals surface area contributed by atoms with Gasteiger partial charge in [0.2, 0.25) is 5.91 Å². The number of hydrogen-bond donors (Lipinski definition) is 2. The van der Waals surface area contributed by atoms with E-state index in [1.807, 2.05) is 49.1 Å². The first-order chi connectivity index (χ1) is 13.5. The molecule has 6 heteroatoms. The fraction of sp³-hybridized carbons (Fsp3) is 0.455. The molecule has 0 bridgehead atoms. The number of benzene rings is 1. The van der Waals surface area contributed by atoms with Crippen LogP contribution in [0.3, 0.4) is 0 Å². The molecule has 0 spiro atoms. The number of H-pyrrole nitrogens is 1. The first kappa shape index (κ1) is 20.0. The molecule has 1 aromatic heterocycles. The Balaban J connectivity index is 1.42. The van der Waals surface area contributed by atoms with E-state index in [-0.39, 0.29) is 11.8 Å². The van der Waals surface area contributed by atoms with Gasteiger partial charge in [0.1, 0.15) is 11.4 Å². The average Bonchev–Trinajstić information content (AvgIpc) is 3.05. The summed E-state index contributed by atoms with van der Waals surface area (Å²) < 4.78 is 5.14. The molecule has 0 saturated carbocycles. The summed E-state index contributed by atoms with van der Waals surface area (Å²) in [7, 11) is 1.63. The van der Waals surface area contributed by atoms with Crippen LogP contribution in [-0.4, -0.2) is 41.9 Å². The predicted molar refractivity (Wildman–Crippen MR) is 108 cm³/mol. The third-order valence-electron chi connectivity index (χ3n) is 5.39. The summed E-state index contributed by atoms with van der Waals surface area (Å²) in [4.78, 5) is 30.0. The Labute approximate surface area is 166 Å². The topological polar surface area (TPSA) is 74.4 Å². The van der Waals surface area contributed by atoms with Crippen LogP contribution in [-0.2, 0) is 11.3 Å². The molecule has 2 amide bonds. The lowest BCUT2D eigenvalue weighted by molar-refractivity contribution is -0.122. The van der Waals surface area contributed by atoms with Gasteiger partial charge in [-0.15, -0.1) is 0 Å². The zero-order valence-electron chi connectivity index (χ0n) is 16.9. The zero-order valence-corrected chi connectivity index (χ0v) is 16.9. The second kappa shape index (κ2) is 8.95. The quantitative estimate of drug-likeness (QED) is 0.804. The minimum atomic E-state index is 0.0630. The highest BCUT2D eigenvalue weighted by molar-refractivity contribution is 5.94. The van der Waals surface area contributed by atoms with Gasteiger partial charge in [-0.3, -0.25) is 9.59 Å². The molecule has 1 saturated heterocycles.